The second-order valence-electron chi connectivity index (χ2n) is 5.39. The molecule has 0 atom stereocenters. The van der Waals surface area contributed by atoms with Crippen LogP contribution in [0, 0.1) is 0 Å². The lowest BCUT2D eigenvalue weighted by atomic mass is 9.96. The van der Waals surface area contributed by atoms with Gasteiger partial charge in [-0.1, -0.05) is 12.1 Å². The van der Waals surface area contributed by atoms with Crippen LogP contribution in [0.3, 0.4) is 0 Å². The van der Waals surface area contributed by atoms with Crippen molar-refractivity contribution >= 4 is 0 Å². The Morgan fingerprint density at radius 1 is 0.826 bits per heavy atom. The van der Waals surface area contributed by atoms with Crippen molar-refractivity contribution in [2.45, 2.75) is 26.1 Å². The second-order valence-corrected chi connectivity index (χ2v) is 5.39. The highest BCUT2D eigenvalue weighted by Gasteiger charge is 2.23. The van der Waals surface area contributed by atoms with E-state index in [2.05, 4.69) is 0 Å². The SMILES string of the molecule is COc1c2ccc(CO)c1CCc1c(CO)ccc(c1OC)O2. The predicted octanol–water partition coefficient (Wildman–Crippen LogP) is 2.58. The van der Waals surface area contributed by atoms with E-state index in [1.54, 1.807) is 26.4 Å². The first-order valence-corrected chi connectivity index (χ1v) is 7.50. The van der Waals surface area contributed by atoms with Crippen molar-refractivity contribution < 1.29 is 24.4 Å². The zero-order valence-corrected chi connectivity index (χ0v) is 13.3. The Morgan fingerprint density at radius 2 is 1.26 bits per heavy atom. The molecule has 3 rings (SSSR count). The molecule has 1 aliphatic rings. The predicted molar refractivity (Wildman–Crippen MR) is 85.3 cm³/mol. The number of benzene rings is 2. The van der Waals surface area contributed by atoms with Gasteiger partial charge in [0.25, 0.3) is 0 Å². The Labute approximate surface area is 135 Å². The molecule has 0 saturated heterocycles. The van der Waals surface area contributed by atoms with E-state index in [-0.39, 0.29) is 13.2 Å². The largest absolute Gasteiger partial charge is 0.493 e. The molecule has 0 radical (unpaired) electrons. The molecule has 5 nitrogen and oxygen atoms in total. The van der Waals surface area contributed by atoms with E-state index < -0.39 is 0 Å². The minimum Gasteiger partial charge on any atom is -0.493 e. The molecule has 0 unspecified atom stereocenters. The summed E-state index contributed by atoms with van der Waals surface area (Å²) in [7, 11) is 3.19. The van der Waals surface area contributed by atoms with Gasteiger partial charge in [-0.05, 0) is 36.1 Å². The quantitative estimate of drug-likeness (QED) is 0.907. The van der Waals surface area contributed by atoms with Crippen molar-refractivity contribution in [2.75, 3.05) is 14.2 Å². The summed E-state index contributed by atoms with van der Waals surface area (Å²) < 4.78 is 17.1. The van der Waals surface area contributed by atoms with Crippen LogP contribution in [0.4, 0.5) is 0 Å². The molecule has 2 N–H and O–H groups in total. The number of methoxy groups -OCH3 is 2. The standard InChI is InChI=1S/C18H20O5/c1-21-17-13-5-6-14-12(10-20)4-8-16(18(14)22-2)23-15(17)7-3-11(13)9-19/h3-4,7-8,19-20H,5-6,9-10H2,1-2H3. The third kappa shape index (κ3) is 2.62. The van der Waals surface area contributed by atoms with Crippen LogP contribution in [0.5, 0.6) is 23.0 Å². The van der Waals surface area contributed by atoms with Gasteiger partial charge in [-0.2, -0.15) is 0 Å². The van der Waals surface area contributed by atoms with Crippen LogP contribution in [0.2, 0.25) is 0 Å². The Balaban J connectivity index is 2.21. The maximum Gasteiger partial charge on any atom is 0.169 e. The van der Waals surface area contributed by atoms with Crippen molar-refractivity contribution in [3.8, 4) is 23.0 Å². The van der Waals surface area contributed by atoms with Crippen molar-refractivity contribution in [2.24, 2.45) is 0 Å². The Kier molecular flexibility index (Phi) is 4.41. The smallest absolute Gasteiger partial charge is 0.169 e. The molecule has 0 aliphatic carbocycles. The van der Waals surface area contributed by atoms with Gasteiger partial charge in [-0.3, -0.25) is 0 Å². The molecule has 2 aromatic rings. The lowest BCUT2D eigenvalue weighted by molar-refractivity contribution is 0.278. The van der Waals surface area contributed by atoms with Gasteiger partial charge in [-0.25, -0.2) is 0 Å². The zero-order valence-electron chi connectivity index (χ0n) is 13.3. The highest BCUT2D eigenvalue weighted by atomic mass is 16.5. The van der Waals surface area contributed by atoms with Crippen LogP contribution < -0.4 is 14.2 Å². The van der Waals surface area contributed by atoms with Gasteiger partial charge in [0.15, 0.2) is 23.0 Å². The third-order valence-corrected chi connectivity index (χ3v) is 4.24. The number of hydrogen-bond donors (Lipinski definition) is 2. The van der Waals surface area contributed by atoms with Gasteiger partial charge in [0.05, 0.1) is 27.4 Å². The average molecular weight is 316 g/mol. The van der Waals surface area contributed by atoms with E-state index in [1.165, 1.54) is 0 Å². The van der Waals surface area contributed by atoms with Crippen molar-refractivity contribution in [3.05, 3.63) is 46.5 Å². The van der Waals surface area contributed by atoms with Crippen LogP contribution in [0.25, 0.3) is 0 Å². The Hall–Kier alpha value is -2.24. The molecule has 5 heteroatoms. The maximum absolute atomic E-state index is 9.60. The second kappa shape index (κ2) is 6.48. The van der Waals surface area contributed by atoms with Crippen LogP contribution in [-0.2, 0) is 26.1 Å². The molecular weight excluding hydrogens is 296 g/mol. The summed E-state index contributed by atoms with van der Waals surface area (Å²) >= 11 is 0. The van der Waals surface area contributed by atoms with E-state index in [0.717, 1.165) is 22.3 Å². The highest BCUT2D eigenvalue weighted by molar-refractivity contribution is 5.58. The van der Waals surface area contributed by atoms with E-state index >= 15 is 0 Å². The molecule has 2 aromatic carbocycles. The van der Waals surface area contributed by atoms with Gasteiger partial charge < -0.3 is 24.4 Å². The first-order valence-electron chi connectivity index (χ1n) is 7.50. The molecule has 0 fully saturated rings. The summed E-state index contributed by atoms with van der Waals surface area (Å²) in [4.78, 5) is 0. The van der Waals surface area contributed by atoms with Crippen LogP contribution in [0.1, 0.15) is 22.3 Å². The lowest BCUT2D eigenvalue weighted by Gasteiger charge is -2.16. The third-order valence-electron chi connectivity index (χ3n) is 4.24. The minimum atomic E-state index is -0.0620. The van der Waals surface area contributed by atoms with Gasteiger partial charge in [0.1, 0.15) is 0 Å². The first-order chi connectivity index (χ1) is 11.2. The topological polar surface area (TPSA) is 68.2 Å². The number of aliphatic hydroxyl groups is 2. The molecule has 23 heavy (non-hydrogen) atoms. The van der Waals surface area contributed by atoms with E-state index in [9.17, 15) is 10.2 Å². The number of aliphatic hydroxyl groups excluding tert-OH is 2. The van der Waals surface area contributed by atoms with Crippen LogP contribution in [0.15, 0.2) is 24.3 Å². The molecule has 0 aromatic heterocycles. The fourth-order valence-corrected chi connectivity index (χ4v) is 3.12. The molecule has 1 aliphatic heterocycles. The monoisotopic (exact) mass is 316 g/mol. The number of fused-ring (bicyclic) bond motifs is 4. The lowest BCUT2D eigenvalue weighted by Crippen LogP contribution is -2.03. The molecular formula is C18H20O5. The van der Waals surface area contributed by atoms with Gasteiger partial charge in [-0.15, -0.1) is 0 Å². The van der Waals surface area contributed by atoms with Crippen LogP contribution in [-0.4, -0.2) is 24.4 Å². The highest BCUT2D eigenvalue weighted by Crippen LogP contribution is 2.44. The summed E-state index contributed by atoms with van der Waals surface area (Å²) in [5.41, 5.74) is 3.46. The van der Waals surface area contributed by atoms with Crippen LogP contribution >= 0.6 is 0 Å². The summed E-state index contributed by atoms with van der Waals surface area (Å²) in [5.74, 6) is 2.43. The molecule has 1 heterocycles. The first kappa shape index (κ1) is 15.6. The van der Waals surface area contributed by atoms with E-state index in [0.29, 0.717) is 35.8 Å². The fraction of sp³-hybridized carbons (Fsp3) is 0.333. The maximum atomic E-state index is 9.60. The summed E-state index contributed by atoms with van der Waals surface area (Å²) in [6.45, 7) is -0.124. The molecule has 0 spiro atoms. The number of rotatable bonds is 4. The van der Waals surface area contributed by atoms with Crippen molar-refractivity contribution in [1.29, 1.82) is 0 Å². The van der Waals surface area contributed by atoms with Crippen molar-refractivity contribution in [3.63, 3.8) is 0 Å². The summed E-state index contributed by atoms with van der Waals surface area (Å²) in [5, 5.41) is 19.2. The average Bonchev–Trinajstić information content (AvgIpc) is 2.61. The van der Waals surface area contributed by atoms with Gasteiger partial charge in [0.2, 0.25) is 0 Å². The minimum absolute atomic E-state index is 0.0620. The molecule has 122 valence electrons. The van der Waals surface area contributed by atoms with Gasteiger partial charge >= 0.3 is 0 Å². The number of ether oxygens (including phenoxy) is 3. The Bertz CT molecular complexity index is 662. The summed E-state index contributed by atoms with van der Waals surface area (Å²) in [6.07, 6.45) is 1.31. The van der Waals surface area contributed by atoms with E-state index in [1.807, 2.05) is 12.1 Å². The molecule has 4 bridgehead atoms. The molecule has 0 amide bonds. The fourth-order valence-electron chi connectivity index (χ4n) is 3.12. The van der Waals surface area contributed by atoms with Crippen molar-refractivity contribution in [1.82, 2.24) is 0 Å². The van der Waals surface area contributed by atoms with E-state index in [4.69, 9.17) is 14.2 Å². The zero-order chi connectivity index (χ0) is 16.4. The number of hydrogen-bond acceptors (Lipinski definition) is 5. The normalized spacial score (nSPS) is 12.7. The van der Waals surface area contributed by atoms with Gasteiger partial charge in [0, 0.05) is 11.1 Å². The molecule has 0 saturated carbocycles. The summed E-state index contributed by atoms with van der Waals surface area (Å²) in [6, 6.07) is 7.28. The Morgan fingerprint density at radius 3 is 1.61 bits per heavy atom.